The molecule has 1 rings (SSSR count). The molecule has 0 bridgehead atoms. The van der Waals surface area contributed by atoms with Crippen molar-refractivity contribution in [3.05, 3.63) is 0 Å². The molecular formula is C9H19NO2. The van der Waals surface area contributed by atoms with Gasteiger partial charge < -0.3 is 9.64 Å². The minimum Gasteiger partial charge on any atom is -0.375 e. The second-order valence-corrected chi connectivity index (χ2v) is 3.03. The first kappa shape index (κ1) is 11.4. The summed E-state index contributed by atoms with van der Waals surface area (Å²) in [5, 5.41) is 0. The fourth-order valence-electron chi connectivity index (χ4n) is 1.11. The Morgan fingerprint density at radius 1 is 1.42 bits per heavy atom. The van der Waals surface area contributed by atoms with E-state index in [1.165, 1.54) is 0 Å². The molecular weight excluding hydrogens is 154 g/mol. The molecule has 12 heavy (non-hydrogen) atoms. The number of carbonyl (C=O) groups is 1. The van der Waals surface area contributed by atoms with Crippen molar-refractivity contribution in [2.24, 2.45) is 0 Å². The van der Waals surface area contributed by atoms with Crippen molar-refractivity contribution >= 4 is 5.91 Å². The standard InChI is InChI=1S/C7H13NO2.C2H6/c1-6(9)8-4-7(2,5-8)10-3;1-2/h4-5H2,1-3H3;1-2H3. The number of methoxy groups -OCH3 is 1. The maximum absolute atomic E-state index is 10.7. The van der Waals surface area contributed by atoms with Crippen LogP contribution in [-0.4, -0.2) is 36.6 Å². The van der Waals surface area contributed by atoms with E-state index in [4.69, 9.17) is 4.74 Å². The van der Waals surface area contributed by atoms with Crippen LogP contribution in [0.5, 0.6) is 0 Å². The lowest BCUT2D eigenvalue weighted by Gasteiger charge is -2.46. The van der Waals surface area contributed by atoms with Gasteiger partial charge in [0.1, 0.15) is 0 Å². The summed E-state index contributed by atoms with van der Waals surface area (Å²) in [5.41, 5.74) is -0.0777. The Balaban J connectivity index is 0.000000561. The molecule has 0 unspecified atom stereocenters. The molecule has 0 aromatic carbocycles. The Morgan fingerprint density at radius 2 is 1.83 bits per heavy atom. The summed E-state index contributed by atoms with van der Waals surface area (Å²) in [5.74, 6) is 0.134. The average Bonchev–Trinajstić information content (AvgIpc) is 2.02. The van der Waals surface area contributed by atoms with E-state index in [1.807, 2.05) is 20.8 Å². The van der Waals surface area contributed by atoms with Crippen molar-refractivity contribution in [1.82, 2.24) is 4.90 Å². The lowest BCUT2D eigenvalue weighted by atomic mass is 9.97. The molecule has 0 aromatic heterocycles. The lowest BCUT2D eigenvalue weighted by Crippen LogP contribution is -2.62. The smallest absolute Gasteiger partial charge is 0.219 e. The van der Waals surface area contributed by atoms with E-state index < -0.39 is 0 Å². The molecule has 0 N–H and O–H groups in total. The van der Waals surface area contributed by atoms with Gasteiger partial charge in [0.2, 0.25) is 5.91 Å². The van der Waals surface area contributed by atoms with Gasteiger partial charge in [-0.1, -0.05) is 13.8 Å². The van der Waals surface area contributed by atoms with E-state index in [9.17, 15) is 4.79 Å². The molecule has 3 heteroatoms. The summed E-state index contributed by atoms with van der Waals surface area (Å²) in [4.78, 5) is 12.5. The molecule has 1 aliphatic rings. The molecule has 1 heterocycles. The molecule has 72 valence electrons. The van der Waals surface area contributed by atoms with Gasteiger partial charge in [-0.2, -0.15) is 0 Å². The van der Waals surface area contributed by atoms with Crippen LogP contribution in [0.2, 0.25) is 0 Å². The number of nitrogens with zero attached hydrogens (tertiary/aromatic N) is 1. The lowest BCUT2D eigenvalue weighted by molar-refractivity contribution is -0.155. The zero-order valence-corrected chi connectivity index (χ0v) is 8.68. The molecule has 3 nitrogen and oxygen atoms in total. The minimum absolute atomic E-state index is 0.0777. The highest BCUT2D eigenvalue weighted by atomic mass is 16.5. The topological polar surface area (TPSA) is 29.5 Å². The quantitative estimate of drug-likeness (QED) is 0.598. The van der Waals surface area contributed by atoms with Crippen molar-refractivity contribution < 1.29 is 9.53 Å². The highest BCUT2D eigenvalue weighted by Crippen LogP contribution is 2.23. The number of hydrogen-bond donors (Lipinski definition) is 0. The van der Waals surface area contributed by atoms with Gasteiger partial charge in [-0.05, 0) is 6.92 Å². The first-order valence-corrected chi connectivity index (χ1v) is 4.38. The van der Waals surface area contributed by atoms with Crippen LogP contribution in [0.25, 0.3) is 0 Å². The molecule has 0 radical (unpaired) electrons. The molecule has 0 aliphatic carbocycles. The van der Waals surface area contributed by atoms with Gasteiger partial charge in [-0.15, -0.1) is 0 Å². The Labute approximate surface area is 74.7 Å². The third kappa shape index (κ3) is 2.48. The van der Waals surface area contributed by atoms with E-state index in [1.54, 1.807) is 18.9 Å². The van der Waals surface area contributed by atoms with Crippen LogP contribution < -0.4 is 0 Å². The number of hydrogen-bond acceptors (Lipinski definition) is 2. The predicted molar refractivity (Wildman–Crippen MR) is 49.0 cm³/mol. The normalized spacial score (nSPS) is 18.9. The Kier molecular flexibility index (Phi) is 4.24. The van der Waals surface area contributed by atoms with Crippen LogP contribution in [0.3, 0.4) is 0 Å². The summed E-state index contributed by atoms with van der Waals surface area (Å²) >= 11 is 0. The van der Waals surface area contributed by atoms with Gasteiger partial charge in [-0.25, -0.2) is 0 Å². The van der Waals surface area contributed by atoms with E-state index in [-0.39, 0.29) is 11.5 Å². The number of likely N-dealkylation sites (tertiary alicyclic amines) is 1. The number of carbonyl (C=O) groups excluding carboxylic acids is 1. The molecule has 0 spiro atoms. The molecule has 0 aromatic rings. The predicted octanol–water partition coefficient (Wildman–Crippen LogP) is 1.28. The molecule has 0 saturated carbocycles. The van der Waals surface area contributed by atoms with Crippen LogP contribution in [0, 0.1) is 0 Å². The second kappa shape index (κ2) is 4.45. The summed E-state index contributed by atoms with van der Waals surface area (Å²) < 4.78 is 5.16. The second-order valence-electron chi connectivity index (χ2n) is 3.03. The Hall–Kier alpha value is -0.570. The SMILES string of the molecule is CC.COC1(C)CN(C(C)=O)C1. The van der Waals surface area contributed by atoms with Crippen LogP contribution in [-0.2, 0) is 9.53 Å². The molecule has 1 fully saturated rings. The van der Waals surface area contributed by atoms with Crippen LogP contribution in [0.1, 0.15) is 27.7 Å². The first-order chi connectivity index (χ1) is 5.57. The van der Waals surface area contributed by atoms with Gasteiger partial charge in [0, 0.05) is 14.0 Å². The number of rotatable bonds is 1. The first-order valence-electron chi connectivity index (χ1n) is 4.38. The van der Waals surface area contributed by atoms with Gasteiger partial charge in [-0.3, -0.25) is 4.79 Å². The van der Waals surface area contributed by atoms with Gasteiger partial charge in [0.05, 0.1) is 18.7 Å². The van der Waals surface area contributed by atoms with E-state index >= 15 is 0 Å². The monoisotopic (exact) mass is 173 g/mol. The summed E-state index contributed by atoms with van der Waals surface area (Å²) in [6.45, 7) is 9.05. The van der Waals surface area contributed by atoms with Crippen molar-refractivity contribution in [2.75, 3.05) is 20.2 Å². The van der Waals surface area contributed by atoms with E-state index in [2.05, 4.69) is 0 Å². The van der Waals surface area contributed by atoms with Crippen LogP contribution >= 0.6 is 0 Å². The fourth-order valence-corrected chi connectivity index (χ4v) is 1.11. The highest BCUT2D eigenvalue weighted by molar-refractivity contribution is 5.74. The Morgan fingerprint density at radius 3 is 2.08 bits per heavy atom. The van der Waals surface area contributed by atoms with Crippen molar-refractivity contribution in [1.29, 1.82) is 0 Å². The zero-order chi connectivity index (χ0) is 9.78. The van der Waals surface area contributed by atoms with Crippen molar-refractivity contribution in [2.45, 2.75) is 33.3 Å². The van der Waals surface area contributed by atoms with Gasteiger partial charge in [0.15, 0.2) is 0 Å². The summed E-state index contributed by atoms with van der Waals surface area (Å²) in [6.07, 6.45) is 0. The molecule has 1 amide bonds. The molecule has 1 aliphatic heterocycles. The third-order valence-electron chi connectivity index (χ3n) is 1.99. The maximum Gasteiger partial charge on any atom is 0.219 e. The van der Waals surface area contributed by atoms with E-state index in [0.717, 1.165) is 13.1 Å². The molecule has 1 saturated heterocycles. The van der Waals surface area contributed by atoms with E-state index in [0.29, 0.717) is 0 Å². The van der Waals surface area contributed by atoms with Crippen LogP contribution in [0.4, 0.5) is 0 Å². The molecule has 0 atom stereocenters. The van der Waals surface area contributed by atoms with Crippen molar-refractivity contribution in [3.63, 3.8) is 0 Å². The van der Waals surface area contributed by atoms with Crippen LogP contribution in [0.15, 0.2) is 0 Å². The van der Waals surface area contributed by atoms with Crippen molar-refractivity contribution in [3.8, 4) is 0 Å². The summed E-state index contributed by atoms with van der Waals surface area (Å²) in [7, 11) is 1.68. The Bertz CT molecular complexity index is 151. The maximum atomic E-state index is 10.7. The zero-order valence-electron chi connectivity index (χ0n) is 8.68. The largest absolute Gasteiger partial charge is 0.375 e. The van der Waals surface area contributed by atoms with Gasteiger partial charge in [0.25, 0.3) is 0 Å². The fraction of sp³-hybridized carbons (Fsp3) is 0.889. The number of ether oxygens (including phenoxy) is 1. The average molecular weight is 173 g/mol. The highest BCUT2D eigenvalue weighted by Gasteiger charge is 2.39. The third-order valence-corrected chi connectivity index (χ3v) is 1.99. The number of amides is 1. The summed E-state index contributed by atoms with van der Waals surface area (Å²) in [6, 6.07) is 0. The van der Waals surface area contributed by atoms with Gasteiger partial charge >= 0.3 is 0 Å². The minimum atomic E-state index is -0.0777.